The molecule has 1 unspecified atom stereocenters. The average Bonchev–Trinajstić information content (AvgIpc) is 2.47. The van der Waals surface area contributed by atoms with Gasteiger partial charge in [0.15, 0.2) is 5.82 Å². The van der Waals surface area contributed by atoms with Crippen LogP contribution in [-0.4, -0.2) is 11.0 Å². The summed E-state index contributed by atoms with van der Waals surface area (Å²) in [6, 6.07) is 14.8. The molecule has 3 rings (SSSR count). The smallest absolute Gasteiger partial charge is 0.151 e. The van der Waals surface area contributed by atoms with Crippen molar-refractivity contribution >= 4 is 11.5 Å². The van der Waals surface area contributed by atoms with E-state index in [1.54, 1.807) is 0 Å². The van der Waals surface area contributed by atoms with Crippen LogP contribution in [0.5, 0.6) is 0 Å². The summed E-state index contributed by atoms with van der Waals surface area (Å²) in [4.78, 5) is 6.83. The number of pyridine rings is 1. The number of nitriles is 1. The molecular weight excluding hydrogens is 246 g/mol. The molecule has 2 aromatic rings. The second-order valence-corrected chi connectivity index (χ2v) is 5.32. The Balaban J connectivity index is 2.19. The second-order valence-electron chi connectivity index (χ2n) is 5.32. The fourth-order valence-electron chi connectivity index (χ4n) is 2.82. The summed E-state index contributed by atoms with van der Waals surface area (Å²) in [6.45, 7) is 4.16. The summed E-state index contributed by atoms with van der Waals surface area (Å²) >= 11 is 0. The van der Waals surface area contributed by atoms with Crippen LogP contribution in [0, 0.1) is 18.3 Å². The minimum absolute atomic E-state index is 0.353. The average molecular weight is 263 g/mol. The highest BCUT2D eigenvalue weighted by molar-refractivity contribution is 5.70. The van der Waals surface area contributed by atoms with Gasteiger partial charge in [0.05, 0.1) is 5.56 Å². The standard InChI is InChI=1S/C17H17N3/c1-12-7-9-15(11-18)17(19-12)20-13(2)8-10-14-5-3-4-6-16(14)20/h3-7,9,13H,8,10H2,1-2H3. The molecule has 0 radical (unpaired) electrons. The van der Waals surface area contributed by atoms with Crippen molar-refractivity contribution in [3.63, 3.8) is 0 Å². The Labute approximate surface area is 119 Å². The van der Waals surface area contributed by atoms with Crippen molar-refractivity contribution < 1.29 is 0 Å². The molecule has 3 heteroatoms. The Kier molecular flexibility index (Phi) is 3.15. The van der Waals surface area contributed by atoms with Gasteiger partial charge in [0.1, 0.15) is 6.07 Å². The van der Waals surface area contributed by atoms with E-state index in [0.29, 0.717) is 11.6 Å². The van der Waals surface area contributed by atoms with Crippen molar-refractivity contribution in [3.05, 3.63) is 53.2 Å². The number of para-hydroxylation sites is 1. The van der Waals surface area contributed by atoms with Gasteiger partial charge in [-0.15, -0.1) is 0 Å². The van der Waals surface area contributed by atoms with Crippen LogP contribution in [0.4, 0.5) is 11.5 Å². The van der Waals surface area contributed by atoms with Crippen LogP contribution in [0.15, 0.2) is 36.4 Å². The van der Waals surface area contributed by atoms with Crippen molar-refractivity contribution in [3.8, 4) is 6.07 Å². The van der Waals surface area contributed by atoms with Crippen molar-refractivity contribution in [1.29, 1.82) is 5.26 Å². The Morgan fingerprint density at radius 1 is 1.25 bits per heavy atom. The first-order chi connectivity index (χ1) is 9.70. The molecule has 0 N–H and O–H groups in total. The lowest BCUT2D eigenvalue weighted by Crippen LogP contribution is -2.34. The second kappa shape index (κ2) is 4.97. The highest BCUT2D eigenvalue weighted by Gasteiger charge is 2.26. The van der Waals surface area contributed by atoms with Crippen LogP contribution in [0.2, 0.25) is 0 Å². The monoisotopic (exact) mass is 263 g/mol. The SMILES string of the molecule is Cc1ccc(C#N)c(N2c3ccccc3CCC2C)n1. The van der Waals surface area contributed by atoms with Gasteiger partial charge in [0.25, 0.3) is 0 Å². The first-order valence-corrected chi connectivity index (χ1v) is 6.95. The van der Waals surface area contributed by atoms with E-state index in [-0.39, 0.29) is 0 Å². The van der Waals surface area contributed by atoms with Gasteiger partial charge in [-0.3, -0.25) is 0 Å². The van der Waals surface area contributed by atoms with Crippen LogP contribution in [0.3, 0.4) is 0 Å². The molecule has 1 aliphatic rings. The van der Waals surface area contributed by atoms with E-state index in [4.69, 9.17) is 0 Å². The number of aromatic nitrogens is 1. The van der Waals surface area contributed by atoms with Crippen LogP contribution >= 0.6 is 0 Å². The Hall–Kier alpha value is -2.34. The molecule has 1 aromatic carbocycles. The zero-order valence-electron chi connectivity index (χ0n) is 11.8. The Morgan fingerprint density at radius 3 is 2.85 bits per heavy atom. The van der Waals surface area contributed by atoms with Crippen LogP contribution < -0.4 is 4.90 Å². The van der Waals surface area contributed by atoms with Crippen molar-refractivity contribution in [2.75, 3.05) is 4.90 Å². The third kappa shape index (κ3) is 2.04. The molecule has 1 aromatic heterocycles. The third-order valence-electron chi connectivity index (χ3n) is 3.89. The number of fused-ring (bicyclic) bond motifs is 1. The highest BCUT2D eigenvalue weighted by Crippen LogP contribution is 2.37. The maximum absolute atomic E-state index is 9.36. The van der Waals surface area contributed by atoms with Crippen LogP contribution in [0.25, 0.3) is 0 Å². The fourth-order valence-corrected chi connectivity index (χ4v) is 2.82. The largest absolute Gasteiger partial charge is 0.322 e. The van der Waals surface area contributed by atoms with E-state index >= 15 is 0 Å². The maximum atomic E-state index is 9.36. The molecule has 0 spiro atoms. The molecule has 20 heavy (non-hydrogen) atoms. The van der Waals surface area contributed by atoms with E-state index < -0.39 is 0 Å². The van der Waals surface area contributed by atoms with Crippen LogP contribution in [0.1, 0.15) is 30.2 Å². The summed E-state index contributed by atoms with van der Waals surface area (Å²) in [5, 5.41) is 9.36. The van der Waals surface area contributed by atoms with Gasteiger partial charge >= 0.3 is 0 Å². The minimum atomic E-state index is 0.353. The number of benzene rings is 1. The van der Waals surface area contributed by atoms with Gasteiger partial charge in [-0.05, 0) is 50.5 Å². The molecule has 0 aliphatic carbocycles. The summed E-state index contributed by atoms with van der Waals surface area (Å²) in [7, 11) is 0. The van der Waals surface area contributed by atoms with E-state index in [2.05, 4.69) is 41.1 Å². The molecule has 0 amide bonds. The molecule has 0 saturated carbocycles. The Bertz CT molecular complexity index is 685. The lowest BCUT2D eigenvalue weighted by molar-refractivity contribution is 0.612. The molecule has 0 saturated heterocycles. The zero-order chi connectivity index (χ0) is 14.1. The molecule has 1 aliphatic heterocycles. The highest BCUT2D eigenvalue weighted by atomic mass is 15.2. The van der Waals surface area contributed by atoms with Gasteiger partial charge < -0.3 is 4.90 Å². The van der Waals surface area contributed by atoms with Gasteiger partial charge in [-0.25, -0.2) is 4.98 Å². The number of hydrogen-bond acceptors (Lipinski definition) is 3. The number of anilines is 2. The van der Waals surface area contributed by atoms with Crippen molar-refractivity contribution in [2.24, 2.45) is 0 Å². The minimum Gasteiger partial charge on any atom is -0.322 e. The van der Waals surface area contributed by atoms with Crippen molar-refractivity contribution in [1.82, 2.24) is 4.98 Å². The molecule has 0 bridgehead atoms. The number of rotatable bonds is 1. The van der Waals surface area contributed by atoms with E-state index in [0.717, 1.165) is 24.4 Å². The summed E-state index contributed by atoms with van der Waals surface area (Å²) in [6.07, 6.45) is 2.17. The zero-order valence-corrected chi connectivity index (χ0v) is 11.8. The first kappa shape index (κ1) is 12.7. The number of hydrogen-bond donors (Lipinski definition) is 0. The molecular formula is C17H17N3. The third-order valence-corrected chi connectivity index (χ3v) is 3.89. The molecule has 1 atom stereocenters. The van der Waals surface area contributed by atoms with Gasteiger partial charge in [0.2, 0.25) is 0 Å². The molecule has 2 heterocycles. The quantitative estimate of drug-likeness (QED) is 0.787. The fraction of sp³-hybridized carbons (Fsp3) is 0.294. The molecule has 100 valence electrons. The number of aryl methyl sites for hydroxylation is 2. The van der Waals surface area contributed by atoms with Gasteiger partial charge in [-0.1, -0.05) is 18.2 Å². The van der Waals surface area contributed by atoms with Crippen molar-refractivity contribution in [2.45, 2.75) is 32.7 Å². The van der Waals surface area contributed by atoms with E-state index in [1.165, 1.54) is 11.3 Å². The lowest BCUT2D eigenvalue weighted by Gasteiger charge is -2.36. The number of nitrogens with zero attached hydrogens (tertiary/aromatic N) is 3. The summed E-state index contributed by atoms with van der Waals surface area (Å²) in [5.41, 5.74) is 4.09. The Morgan fingerprint density at radius 2 is 2.05 bits per heavy atom. The molecule has 0 fully saturated rings. The lowest BCUT2D eigenvalue weighted by atomic mass is 9.96. The summed E-state index contributed by atoms with van der Waals surface area (Å²) in [5.74, 6) is 0.784. The maximum Gasteiger partial charge on any atom is 0.151 e. The molecule has 3 nitrogen and oxygen atoms in total. The van der Waals surface area contributed by atoms with Gasteiger partial charge in [0, 0.05) is 17.4 Å². The van der Waals surface area contributed by atoms with E-state index in [1.807, 2.05) is 25.1 Å². The van der Waals surface area contributed by atoms with Crippen LogP contribution in [-0.2, 0) is 6.42 Å². The topological polar surface area (TPSA) is 39.9 Å². The first-order valence-electron chi connectivity index (χ1n) is 6.95. The van der Waals surface area contributed by atoms with E-state index in [9.17, 15) is 5.26 Å². The van der Waals surface area contributed by atoms with Gasteiger partial charge in [-0.2, -0.15) is 5.26 Å². The normalized spacial score (nSPS) is 17.4. The summed E-state index contributed by atoms with van der Waals surface area (Å²) < 4.78 is 0. The predicted molar refractivity (Wildman–Crippen MR) is 80.1 cm³/mol. The predicted octanol–water partition coefficient (Wildman–Crippen LogP) is 3.73.